The molecule has 3 fully saturated rings. The van der Waals surface area contributed by atoms with Crippen LogP contribution in [0, 0.1) is 17.8 Å². The van der Waals surface area contributed by atoms with Gasteiger partial charge in [-0.3, -0.25) is 0 Å². The first-order valence-electron chi connectivity index (χ1n) is 9.36. The molecule has 0 amide bonds. The van der Waals surface area contributed by atoms with E-state index in [0.717, 1.165) is 5.92 Å². The van der Waals surface area contributed by atoms with Crippen LogP contribution >= 0.6 is 0 Å². The van der Waals surface area contributed by atoms with Gasteiger partial charge in [0.1, 0.15) is 0 Å². The molecule has 0 N–H and O–H groups in total. The minimum absolute atomic E-state index is 1.01. The number of rotatable bonds is 0. The van der Waals surface area contributed by atoms with Gasteiger partial charge >= 0.3 is 0 Å². The van der Waals surface area contributed by atoms with Gasteiger partial charge in [0.2, 0.25) is 0 Å². The molecule has 0 radical (unpaired) electrons. The first-order valence-corrected chi connectivity index (χ1v) is 9.36. The van der Waals surface area contributed by atoms with E-state index in [2.05, 4.69) is 6.92 Å². The van der Waals surface area contributed by atoms with Crippen LogP contribution in [0.2, 0.25) is 0 Å². The van der Waals surface area contributed by atoms with Crippen molar-refractivity contribution >= 4 is 0 Å². The second kappa shape index (κ2) is 9.03. The molecule has 0 nitrogen and oxygen atoms in total. The summed E-state index contributed by atoms with van der Waals surface area (Å²) in [6, 6.07) is 0. The highest BCUT2D eigenvalue weighted by Crippen LogP contribution is 2.41. The summed E-state index contributed by atoms with van der Waals surface area (Å²) in [6.07, 6.45) is 22.7. The lowest BCUT2D eigenvalue weighted by molar-refractivity contribution is 0.277. The van der Waals surface area contributed by atoms with Gasteiger partial charge in [-0.05, 0) is 17.8 Å². The lowest BCUT2D eigenvalue weighted by Crippen LogP contribution is -2.12. The van der Waals surface area contributed by atoms with Crippen molar-refractivity contribution < 1.29 is 0 Å². The zero-order chi connectivity index (χ0) is 13.3. The second-order valence-corrected chi connectivity index (χ2v) is 7.54. The molecule has 3 rings (SSSR count). The normalized spacial score (nSPS) is 33.3. The minimum Gasteiger partial charge on any atom is -0.0625 e. The van der Waals surface area contributed by atoms with E-state index in [4.69, 9.17) is 0 Å². The molecule has 3 saturated carbocycles. The molecule has 0 saturated heterocycles. The van der Waals surface area contributed by atoms with Gasteiger partial charge in [-0.1, -0.05) is 103 Å². The Morgan fingerprint density at radius 2 is 0.789 bits per heavy atom. The molecule has 0 bridgehead atoms. The molecule has 2 atom stereocenters. The fourth-order valence-electron chi connectivity index (χ4n) is 4.52. The Morgan fingerprint density at radius 1 is 0.421 bits per heavy atom. The lowest BCUT2D eigenvalue weighted by Gasteiger charge is -2.24. The van der Waals surface area contributed by atoms with Crippen LogP contribution in [0.1, 0.15) is 103 Å². The van der Waals surface area contributed by atoms with E-state index in [-0.39, 0.29) is 0 Å². The Balaban J connectivity index is 0.000000141. The van der Waals surface area contributed by atoms with Crippen LogP contribution in [0.25, 0.3) is 0 Å². The summed E-state index contributed by atoms with van der Waals surface area (Å²) in [5, 5.41) is 0. The highest BCUT2D eigenvalue weighted by molar-refractivity contribution is 4.80. The molecule has 112 valence electrons. The standard InChI is InChI=1S/C10H20.C9H16/c1-10-8-6-4-2-3-5-7-9-10;1-2-5-9-7-3-6-8(9)4-1/h10H,2-9H2,1H3;8-9H,1-7H2. The minimum atomic E-state index is 1.01. The van der Waals surface area contributed by atoms with Crippen LogP contribution < -0.4 is 0 Å². The van der Waals surface area contributed by atoms with Crippen molar-refractivity contribution in [2.45, 2.75) is 103 Å². The van der Waals surface area contributed by atoms with Gasteiger partial charge in [-0.25, -0.2) is 0 Å². The Hall–Kier alpha value is 0. The second-order valence-electron chi connectivity index (χ2n) is 7.54. The fraction of sp³-hybridized carbons (Fsp3) is 1.00. The van der Waals surface area contributed by atoms with Gasteiger partial charge in [0.25, 0.3) is 0 Å². The maximum absolute atomic E-state index is 2.41. The van der Waals surface area contributed by atoms with E-state index < -0.39 is 0 Å². The molecule has 0 heteroatoms. The largest absolute Gasteiger partial charge is 0.0625 e. The number of hydrogen-bond acceptors (Lipinski definition) is 0. The zero-order valence-corrected chi connectivity index (χ0v) is 13.3. The topological polar surface area (TPSA) is 0 Å². The number of fused-ring (bicyclic) bond motifs is 1. The predicted octanol–water partition coefficient (Wildman–Crippen LogP) is 6.73. The molecule has 3 aliphatic carbocycles. The van der Waals surface area contributed by atoms with Gasteiger partial charge in [-0.2, -0.15) is 0 Å². The molecule has 19 heavy (non-hydrogen) atoms. The van der Waals surface area contributed by atoms with Crippen molar-refractivity contribution in [2.24, 2.45) is 17.8 Å². The van der Waals surface area contributed by atoms with Crippen LogP contribution in [-0.2, 0) is 0 Å². The van der Waals surface area contributed by atoms with E-state index in [1.807, 2.05) is 0 Å². The molecule has 3 aliphatic rings. The molecular formula is C19H36. The van der Waals surface area contributed by atoms with Gasteiger partial charge in [0, 0.05) is 0 Å². The van der Waals surface area contributed by atoms with Crippen molar-refractivity contribution in [1.29, 1.82) is 0 Å². The van der Waals surface area contributed by atoms with E-state index >= 15 is 0 Å². The van der Waals surface area contributed by atoms with Crippen molar-refractivity contribution in [1.82, 2.24) is 0 Å². The molecule has 0 aromatic rings. The van der Waals surface area contributed by atoms with Crippen LogP contribution in [0.15, 0.2) is 0 Å². The quantitative estimate of drug-likeness (QED) is 0.455. The Labute approximate surface area is 121 Å². The van der Waals surface area contributed by atoms with Crippen LogP contribution in [0.4, 0.5) is 0 Å². The molecule has 0 aromatic heterocycles. The first kappa shape index (κ1) is 15.4. The van der Waals surface area contributed by atoms with Gasteiger partial charge in [0.15, 0.2) is 0 Å². The highest BCUT2D eigenvalue weighted by Gasteiger charge is 2.28. The third-order valence-corrected chi connectivity index (χ3v) is 5.86. The van der Waals surface area contributed by atoms with E-state index in [9.17, 15) is 0 Å². The van der Waals surface area contributed by atoms with Crippen LogP contribution in [-0.4, -0.2) is 0 Å². The van der Waals surface area contributed by atoms with Gasteiger partial charge in [0.05, 0.1) is 0 Å². The summed E-state index contributed by atoms with van der Waals surface area (Å²) in [7, 11) is 0. The average molecular weight is 264 g/mol. The fourth-order valence-corrected chi connectivity index (χ4v) is 4.52. The van der Waals surface area contributed by atoms with Crippen molar-refractivity contribution in [2.75, 3.05) is 0 Å². The summed E-state index contributed by atoms with van der Waals surface area (Å²) in [4.78, 5) is 0. The van der Waals surface area contributed by atoms with E-state index in [1.165, 1.54) is 82.5 Å². The SMILES string of the molecule is C1CCC2CCCC2C1.CC1CCCCCCCC1. The lowest BCUT2D eigenvalue weighted by atomic mass is 9.82. The summed E-state index contributed by atoms with van der Waals surface area (Å²) in [6.45, 7) is 2.41. The third-order valence-electron chi connectivity index (χ3n) is 5.86. The zero-order valence-electron chi connectivity index (χ0n) is 13.3. The summed E-state index contributed by atoms with van der Waals surface area (Å²) in [5.74, 6) is 3.34. The Morgan fingerprint density at radius 3 is 1.32 bits per heavy atom. The Bertz CT molecular complexity index is 198. The molecule has 0 spiro atoms. The molecular weight excluding hydrogens is 228 g/mol. The first-order chi connectivity index (χ1) is 9.36. The van der Waals surface area contributed by atoms with Crippen molar-refractivity contribution in [3.05, 3.63) is 0 Å². The molecule has 0 aromatic carbocycles. The average Bonchev–Trinajstić information content (AvgIpc) is 2.93. The smallest absolute Gasteiger partial charge is 0.0386 e. The van der Waals surface area contributed by atoms with E-state index in [1.54, 1.807) is 25.7 Å². The number of hydrogen-bond donors (Lipinski definition) is 0. The molecule has 0 heterocycles. The maximum Gasteiger partial charge on any atom is -0.0386 e. The van der Waals surface area contributed by atoms with Crippen molar-refractivity contribution in [3.63, 3.8) is 0 Å². The van der Waals surface area contributed by atoms with Crippen LogP contribution in [0.3, 0.4) is 0 Å². The highest BCUT2D eigenvalue weighted by atomic mass is 14.3. The van der Waals surface area contributed by atoms with Gasteiger partial charge in [-0.15, -0.1) is 0 Å². The Kier molecular flexibility index (Phi) is 7.32. The summed E-state index contributed by atoms with van der Waals surface area (Å²) < 4.78 is 0. The monoisotopic (exact) mass is 264 g/mol. The van der Waals surface area contributed by atoms with Crippen molar-refractivity contribution in [3.8, 4) is 0 Å². The molecule has 0 aliphatic heterocycles. The summed E-state index contributed by atoms with van der Waals surface area (Å²) >= 11 is 0. The van der Waals surface area contributed by atoms with Crippen LogP contribution in [0.5, 0.6) is 0 Å². The maximum atomic E-state index is 2.41. The summed E-state index contributed by atoms with van der Waals surface area (Å²) in [5.41, 5.74) is 0. The van der Waals surface area contributed by atoms with E-state index in [0.29, 0.717) is 0 Å². The molecule has 2 unspecified atom stereocenters. The van der Waals surface area contributed by atoms with Gasteiger partial charge < -0.3 is 0 Å². The predicted molar refractivity (Wildman–Crippen MR) is 85.4 cm³/mol. The third kappa shape index (κ3) is 5.88.